The standard InChI is InChI=1S/C17H20BrNO2S/c1-12-8-9-16(15(18)10-12)22(20,21)19-14-7-5-6-13(11-14)17(2,3)4/h5-11,19H,1-4H3. The molecule has 0 heterocycles. The van der Waals surface area contributed by atoms with Gasteiger partial charge >= 0.3 is 0 Å². The molecule has 2 aromatic carbocycles. The lowest BCUT2D eigenvalue weighted by Gasteiger charge is -2.20. The third-order valence-corrected chi connectivity index (χ3v) is 5.72. The second-order valence-electron chi connectivity index (χ2n) is 6.37. The third kappa shape index (κ3) is 3.90. The van der Waals surface area contributed by atoms with Crippen LogP contribution in [0.5, 0.6) is 0 Å². The lowest BCUT2D eigenvalue weighted by Crippen LogP contribution is -2.15. The predicted octanol–water partition coefficient (Wildman–Crippen LogP) is 4.86. The van der Waals surface area contributed by atoms with Gasteiger partial charge in [-0.3, -0.25) is 4.72 Å². The number of halogens is 1. The molecule has 3 nitrogen and oxygen atoms in total. The summed E-state index contributed by atoms with van der Waals surface area (Å²) in [6.45, 7) is 8.20. The molecule has 0 aromatic heterocycles. The van der Waals surface area contributed by atoms with Crippen molar-refractivity contribution in [1.29, 1.82) is 0 Å². The minimum atomic E-state index is -3.62. The van der Waals surface area contributed by atoms with E-state index in [0.29, 0.717) is 10.2 Å². The predicted molar refractivity (Wildman–Crippen MR) is 94.8 cm³/mol. The highest BCUT2D eigenvalue weighted by atomic mass is 79.9. The molecule has 0 fully saturated rings. The third-order valence-electron chi connectivity index (χ3n) is 3.36. The van der Waals surface area contributed by atoms with E-state index in [1.807, 2.05) is 25.1 Å². The minimum Gasteiger partial charge on any atom is -0.280 e. The van der Waals surface area contributed by atoms with Gasteiger partial charge in [0.2, 0.25) is 0 Å². The quantitative estimate of drug-likeness (QED) is 0.825. The topological polar surface area (TPSA) is 46.2 Å². The van der Waals surface area contributed by atoms with Gasteiger partial charge in [-0.25, -0.2) is 8.42 Å². The van der Waals surface area contributed by atoms with Gasteiger partial charge in [0.1, 0.15) is 4.90 Å². The molecule has 0 aliphatic heterocycles. The van der Waals surface area contributed by atoms with Crippen LogP contribution in [0.2, 0.25) is 0 Å². The number of sulfonamides is 1. The van der Waals surface area contributed by atoms with Crippen LogP contribution in [0.3, 0.4) is 0 Å². The van der Waals surface area contributed by atoms with E-state index < -0.39 is 10.0 Å². The Morgan fingerprint density at radius 1 is 1.05 bits per heavy atom. The van der Waals surface area contributed by atoms with Gasteiger partial charge in [0.05, 0.1) is 0 Å². The Morgan fingerprint density at radius 2 is 1.73 bits per heavy atom. The number of rotatable bonds is 3. The van der Waals surface area contributed by atoms with Crippen molar-refractivity contribution >= 4 is 31.6 Å². The lowest BCUT2D eigenvalue weighted by atomic mass is 9.87. The van der Waals surface area contributed by atoms with Gasteiger partial charge < -0.3 is 0 Å². The molecule has 0 atom stereocenters. The summed E-state index contributed by atoms with van der Waals surface area (Å²) in [6.07, 6.45) is 0. The van der Waals surface area contributed by atoms with Gasteiger partial charge in [0.15, 0.2) is 0 Å². The summed E-state index contributed by atoms with van der Waals surface area (Å²) in [5.41, 5.74) is 2.61. The molecule has 0 radical (unpaired) electrons. The van der Waals surface area contributed by atoms with Crippen LogP contribution in [0.15, 0.2) is 51.8 Å². The van der Waals surface area contributed by atoms with Crippen LogP contribution in [-0.2, 0) is 15.4 Å². The lowest BCUT2D eigenvalue weighted by molar-refractivity contribution is 0.590. The van der Waals surface area contributed by atoms with Gasteiger partial charge in [-0.05, 0) is 63.7 Å². The highest BCUT2D eigenvalue weighted by Crippen LogP contribution is 2.28. The maximum Gasteiger partial charge on any atom is 0.263 e. The second-order valence-corrected chi connectivity index (χ2v) is 8.88. The van der Waals surface area contributed by atoms with E-state index in [9.17, 15) is 8.42 Å². The van der Waals surface area contributed by atoms with E-state index in [-0.39, 0.29) is 10.3 Å². The van der Waals surface area contributed by atoms with Gasteiger partial charge in [-0.1, -0.05) is 39.0 Å². The molecule has 0 spiro atoms. The number of nitrogens with one attached hydrogen (secondary N) is 1. The largest absolute Gasteiger partial charge is 0.280 e. The fourth-order valence-corrected chi connectivity index (χ4v) is 4.33. The molecule has 118 valence electrons. The van der Waals surface area contributed by atoms with Crippen molar-refractivity contribution in [2.24, 2.45) is 0 Å². The van der Waals surface area contributed by atoms with Crippen LogP contribution in [0.25, 0.3) is 0 Å². The van der Waals surface area contributed by atoms with Crippen molar-refractivity contribution in [3.63, 3.8) is 0 Å². The van der Waals surface area contributed by atoms with E-state index >= 15 is 0 Å². The molecular formula is C17H20BrNO2S. The first-order valence-electron chi connectivity index (χ1n) is 6.99. The molecule has 0 amide bonds. The summed E-state index contributed by atoms with van der Waals surface area (Å²) >= 11 is 3.32. The van der Waals surface area contributed by atoms with Crippen molar-refractivity contribution in [3.8, 4) is 0 Å². The Hall–Kier alpha value is -1.33. The fourth-order valence-electron chi connectivity index (χ4n) is 2.08. The Bertz CT molecular complexity index is 793. The average molecular weight is 382 g/mol. The molecular weight excluding hydrogens is 362 g/mol. The zero-order chi connectivity index (χ0) is 16.5. The van der Waals surface area contributed by atoms with Gasteiger partial charge in [-0.2, -0.15) is 0 Å². The van der Waals surface area contributed by atoms with Crippen molar-refractivity contribution in [3.05, 3.63) is 58.1 Å². The van der Waals surface area contributed by atoms with Crippen LogP contribution in [0.4, 0.5) is 5.69 Å². The molecule has 2 rings (SSSR count). The maximum absolute atomic E-state index is 12.6. The van der Waals surface area contributed by atoms with Crippen LogP contribution < -0.4 is 4.72 Å². The van der Waals surface area contributed by atoms with E-state index in [1.54, 1.807) is 24.3 Å². The summed E-state index contributed by atoms with van der Waals surface area (Å²) in [7, 11) is -3.62. The normalized spacial score (nSPS) is 12.2. The molecule has 0 saturated heterocycles. The average Bonchev–Trinajstić information content (AvgIpc) is 2.36. The molecule has 1 N–H and O–H groups in total. The molecule has 0 unspecified atom stereocenters. The molecule has 22 heavy (non-hydrogen) atoms. The minimum absolute atomic E-state index is 0.0358. The maximum atomic E-state index is 12.6. The summed E-state index contributed by atoms with van der Waals surface area (Å²) in [4.78, 5) is 0.235. The molecule has 0 saturated carbocycles. The van der Waals surface area contributed by atoms with Gasteiger partial charge in [0.25, 0.3) is 10.0 Å². The first-order chi connectivity index (χ1) is 10.1. The van der Waals surface area contributed by atoms with Crippen molar-refractivity contribution in [2.75, 3.05) is 4.72 Å². The monoisotopic (exact) mass is 381 g/mol. The summed E-state index contributed by atoms with van der Waals surface area (Å²) < 4.78 is 28.3. The summed E-state index contributed by atoms with van der Waals surface area (Å²) in [5, 5.41) is 0. The first kappa shape index (κ1) is 17.0. The molecule has 5 heteroatoms. The Labute approximate surface area is 140 Å². The summed E-state index contributed by atoms with van der Waals surface area (Å²) in [6, 6.07) is 12.7. The van der Waals surface area contributed by atoms with E-state index in [1.165, 1.54) is 0 Å². The van der Waals surface area contributed by atoms with Crippen molar-refractivity contribution in [1.82, 2.24) is 0 Å². The number of anilines is 1. The zero-order valence-corrected chi connectivity index (χ0v) is 15.5. The van der Waals surface area contributed by atoms with Crippen LogP contribution in [0.1, 0.15) is 31.9 Å². The van der Waals surface area contributed by atoms with Gasteiger partial charge in [-0.15, -0.1) is 0 Å². The Morgan fingerprint density at radius 3 is 2.32 bits per heavy atom. The number of hydrogen-bond donors (Lipinski definition) is 1. The molecule has 0 aliphatic rings. The van der Waals surface area contributed by atoms with Gasteiger partial charge in [0, 0.05) is 10.2 Å². The highest BCUT2D eigenvalue weighted by Gasteiger charge is 2.19. The smallest absolute Gasteiger partial charge is 0.263 e. The number of hydrogen-bond acceptors (Lipinski definition) is 2. The highest BCUT2D eigenvalue weighted by molar-refractivity contribution is 9.10. The molecule has 2 aromatic rings. The Kier molecular flexibility index (Phi) is 4.68. The second kappa shape index (κ2) is 6.05. The molecule has 0 bridgehead atoms. The number of benzene rings is 2. The fraction of sp³-hybridized carbons (Fsp3) is 0.294. The first-order valence-corrected chi connectivity index (χ1v) is 9.27. The summed E-state index contributed by atoms with van der Waals surface area (Å²) in [5.74, 6) is 0. The van der Waals surface area contributed by atoms with Crippen LogP contribution >= 0.6 is 15.9 Å². The SMILES string of the molecule is Cc1ccc(S(=O)(=O)Nc2cccc(C(C)(C)C)c2)c(Br)c1. The van der Waals surface area contributed by atoms with Crippen LogP contribution in [0, 0.1) is 6.92 Å². The van der Waals surface area contributed by atoms with Crippen LogP contribution in [-0.4, -0.2) is 8.42 Å². The molecule has 0 aliphatic carbocycles. The van der Waals surface area contributed by atoms with Crippen molar-refractivity contribution < 1.29 is 8.42 Å². The Balaban J connectivity index is 2.37. The van der Waals surface area contributed by atoms with E-state index in [0.717, 1.165) is 11.1 Å². The van der Waals surface area contributed by atoms with Crippen molar-refractivity contribution in [2.45, 2.75) is 38.0 Å². The zero-order valence-electron chi connectivity index (χ0n) is 13.1. The van der Waals surface area contributed by atoms with E-state index in [2.05, 4.69) is 41.4 Å². The number of aryl methyl sites for hydroxylation is 1. The van der Waals surface area contributed by atoms with E-state index in [4.69, 9.17) is 0 Å².